The van der Waals surface area contributed by atoms with E-state index in [1.54, 1.807) is 4.90 Å². The zero-order chi connectivity index (χ0) is 19.8. The molecule has 2 aliphatic rings. The molecule has 1 aromatic carbocycles. The number of piperidine rings is 1. The standard InChI is InChI=1S/C23H21FN4O/c24-19-14-25-11-8-18(19)22(29)28-12-4-9-23(15-28)10-7-17-13-26-21(27-20(17)23)16-5-2-1-3-6-16/h1-3,5-6,8,11,13-14H,4,7,9-10,12,15H2. The van der Waals surface area contributed by atoms with Gasteiger partial charge in [-0.1, -0.05) is 30.3 Å². The number of hydrogen-bond acceptors (Lipinski definition) is 4. The third-order valence-corrected chi connectivity index (χ3v) is 6.14. The maximum Gasteiger partial charge on any atom is 0.256 e. The van der Waals surface area contributed by atoms with Crippen molar-refractivity contribution in [3.05, 3.63) is 77.6 Å². The van der Waals surface area contributed by atoms with E-state index in [1.165, 1.54) is 12.3 Å². The van der Waals surface area contributed by atoms with E-state index in [0.29, 0.717) is 18.9 Å². The Morgan fingerprint density at radius 3 is 2.79 bits per heavy atom. The third-order valence-electron chi connectivity index (χ3n) is 6.14. The number of benzene rings is 1. The van der Waals surface area contributed by atoms with Crippen molar-refractivity contribution >= 4 is 5.91 Å². The molecule has 1 spiro atoms. The van der Waals surface area contributed by atoms with Crippen LogP contribution in [0.2, 0.25) is 0 Å². The first-order valence-electron chi connectivity index (χ1n) is 9.97. The van der Waals surface area contributed by atoms with Crippen LogP contribution < -0.4 is 0 Å². The first-order valence-corrected chi connectivity index (χ1v) is 9.97. The number of likely N-dealkylation sites (tertiary alicyclic amines) is 1. The molecule has 1 fully saturated rings. The number of fused-ring (bicyclic) bond motifs is 2. The lowest BCUT2D eigenvalue weighted by atomic mass is 9.77. The average Bonchev–Trinajstić information content (AvgIpc) is 3.11. The molecule has 29 heavy (non-hydrogen) atoms. The average molecular weight is 388 g/mol. The number of hydrogen-bond donors (Lipinski definition) is 0. The second-order valence-electron chi connectivity index (χ2n) is 7.90. The number of aromatic nitrogens is 3. The van der Waals surface area contributed by atoms with Gasteiger partial charge in [0.05, 0.1) is 17.5 Å². The number of carbonyl (C=O) groups excluding carboxylic acids is 1. The summed E-state index contributed by atoms with van der Waals surface area (Å²) in [5.74, 6) is -0.123. The fraction of sp³-hybridized carbons (Fsp3) is 0.304. The Hall–Kier alpha value is -3.15. The van der Waals surface area contributed by atoms with Crippen LogP contribution in [0.25, 0.3) is 11.4 Å². The van der Waals surface area contributed by atoms with Crippen molar-refractivity contribution in [1.82, 2.24) is 19.9 Å². The Bertz CT molecular complexity index is 1070. The van der Waals surface area contributed by atoms with Gasteiger partial charge in [-0.15, -0.1) is 0 Å². The Balaban J connectivity index is 1.48. The first kappa shape index (κ1) is 17.9. The van der Waals surface area contributed by atoms with Gasteiger partial charge in [0.1, 0.15) is 0 Å². The smallest absolute Gasteiger partial charge is 0.256 e. The molecule has 2 aromatic heterocycles. The highest BCUT2D eigenvalue weighted by Gasteiger charge is 2.45. The fourth-order valence-electron chi connectivity index (χ4n) is 4.69. The van der Waals surface area contributed by atoms with Crippen molar-refractivity contribution in [3.63, 3.8) is 0 Å². The Labute approximate surface area is 168 Å². The van der Waals surface area contributed by atoms with Gasteiger partial charge in [0, 0.05) is 36.5 Å². The lowest BCUT2D eigenvalue weighted by Gasteiger charge is -2.40. The summed E-state index contributed by atoms with van der Waals surface area (Å²) in [4.78, 5) is 28.0. The molecular formula is C23H21FN4O. The molecule has 3 aromatic rings. The van der Waals surface area contributed by atoms with Crippen molar-refractivity contribution in [2.45, 2.75) is 31.1 Å². The summed E-state index contributed by atoms with van der Waals surface area (Å²) >= 11 is 0. The SMILES string of the molecule is O=C(c1ccncc1F)N1CCCC2(CCc3cnc(-c4ccccc4)nc32)C1. The lowest BCUT2D eigenvalue weighted by Crippen LogP contribution is -2.48. The van der Waals surface area contributed by atoms with Crippen LogP contribution in [-0.4, -0.2) is 38.8 Å². The van der Waals surface area contributed by atoms with Gasteiger partial charge in [0.2, 0.25) is 0 Å². The van der Waals surface area contributed by atoms with Crippen molar-refractivity contribution < 1.29 is 9.18 Å². The third kappa shape index (κ3) is 3.09. The monoisotopic (exact) mass is 388 g/mol. The van der Waals surface area contributed by atoms with Crippen molar-refractivity contribution in [3.8, 4) is 11.4 Å². The van der Waals surface area contributed by atoms with Crippen LogP contribution in [0.4, 0.5) is 4.39 Å². The largest absolute Gasteiger partial charge is 0.338 e. The van der Waals surface area contributed by atoms with Gasteiger partial charge in [-0.3, -0.25) is 9.78 Å². The highest BCUT2D eigenvalue weighted by molar-refractivity contribution is 5.94. The van der Waals surface area contributed by atoms with Gasteiger partial charge in [-0.2, -0.15) is 0 Å². The van der Waals surface area contributed by atoms with Gasteiger partial charge in [0.15, 0.2) is 11.6 Å². The minimum absolute atomic E-state index is 0.0860. The van der Waals surface area contributed by atoms with Crippen LogP contribution in [-0.2, 0) is 11.8 Å². The minimum Gasteiger partial charge on any atom is -0.338 e. The van der Waals surface area contributed by atoms with E-state index in [0.717, 1.165) is 48.7 Å². The van der Waals surface area contributed by atoms with Crippen LogP contribution >= 0.6 is 0 Å². The molecule has 0 radical (unpaired) electrons. The number of amides is 1. The summed E-state index contributed by atoms with van der Waals surface area (Å²) in [7, 11) is 0. The minimum atomic E-state index is -0.572. The highest BCUT2D eigenvalue weighted by Crippen LogP contribution is 2.44. The Morgan fingerprint density at radius 2 is 1.97 bits per heavy atom. The van der Waals surface area contributed by atoms with Crippen LogP contribution in [0.3, 0.4) is 0 Å². The van der Waals surface area contributed by atoms with Crippen LogP contribution in [0.15, 0.2) is 55.0 Å². The number of nitrogens with zero attached hydrogens (tertiary/aromatic N) is 4. The summed E-state index contributed by atoms with van der Waals surface area (Å²) in [6.07, 6.45) is 8.20. The van der Waals surface area contributed by atoms with Gasteiger partial charge >= 0.3 is 0 Å². The molecule has 0 saturated carbocycles. The zero-order valence-corrected chi connectivity index (χ0v) is 16.0. The van der Waals surface area contributed by atoms with Crippen molar-refractivity contribution in [2.24, 2.45) is 0 Å². The van der Waals surface area contributed by atoms with Gasteiger partial charge in [0.25, 0.3) is 5.91 Å². The summed E-state index contributed by atoms with van der Waals surface area (Å²) in [6.45, 7) is 1.19. The van der Waals surface area contributed by atoms with Crippen molar-refractivity contribution in [1.29, 1.82) is 0 Å². The molecule has 0 N–H and O–H groups in total. The van der Waals surface area contributed by atoms with Gasteiger partial charge in [-0.25, -0.2) is 14.4 Å². The molecule has 1 aliphatic carbocycles. The number of aryl methyl sites for hydroxylation is 1. The second kappa shape index (κ2) is 7.03. The normalized spacial score (nSPS) is 20.7. The summed E-state index contributed by atoms with van der Waals surface area (Å²) in [6, 6.07) is 11.4. The van der Waals surface area contributed by atoms with E-state index < -0.39 is 5.82 Å². The molecule has 6 heteroatoms. The number of pyridine rings is 1. The van der Waals surface area contributed by atoms with E-state index >= 15 is 0 Å². The van der Waals surface area contributed by atoms with Crippen LogP contribution in [0.5, 0.6) is 0 Å². The lowest BCUT2D eigenvalue weighted by molar-refractivity contribution is 0.0628. The second-order valence-corrected chi connectivity index (χ2v) is 7.90. The summed E-state index contributed by atoms with van der Waals surface area (Å²) in [5, 5.41) is 0. The maximum atomic E-state index is 14.1. The molecule has 0 bridgehead atoms. The molecule has 1 aliphatic heterocycles. The molecule has 146 valence electrons. The molecule has 1 saturated heterocycles. The molecule has 1 unspecified atom stereocenters. The van der Waals surface area contributed by atoms with E-state index in [9.17, 15) is 9.18 Å². The number of halogens is 1. The van der Waals surface area contributed by atoms with Crippen LogP contribution in [0.1, 0.15) is 40.9 Å². The molecular weight excluding hydrogens is 367 g/mol. The molecule has 5 rings (SSSR count). The maximum absolute atomic E-state index is 14.1. The predicted molar refractivity (Wildman–Crippen MR) is 107 cm³/mol. The van der Waals surface area contributed by atoms with E-state index in [1.807, 2.05) is 36.5 Å². The molecule has 5 nitrogen and oxygen atoms in total. The highest BCUT2D eigenvalue weighted by atomic mass is 19.1. The van der Waals surface area contributed by atoms with Crippen molar-refractivity contribution in [2.75, 3.05) is 13.1 Å². The quantitative estimate of drug-likeness (QED) is 0.670. The summed E-state index contributed by atoms with van der Waals surface area (Å²) < 4.78 is 14.1. The van der Waals surface area contributed by atoms with E-state index in [-0.39, 0.29) is 16.9 Å². The van der Waals surface area contributed by atoms with Gasteiger partial charge < -0.3 is 4.90 Å². The van der Waals surface area contributed by atoms with Gasteiger partial charge in [-0.05, 0) is 37.3 Å². The van der Waals surface area contributed by atoms with E-state index in [2.05, 4.69) is 9.97 Å². The zero-order valence-electron chi connectivity index (χ0n) is 16.0. The Kier molecular flexibility index (Phi) is 4.34. The molecule has 3 heterocycles. The van der Waals surface area contributed by atoms with Crippen LogP contribution in [0, 0.1) is 5.82 Å². The molecule has 1 amide bonds. The predicted octanol–water partition coefficient (Wildman–Crippen LogP) is 3.80. The first-order chi connectivity index (χ1) is 14.2. The summed E-state index contributed by atoms with van der Waals surface area (Å²) in [5.41, 5.74) is 3.11. The molecule has 1 atom stereocenters. The number of rotatable bonds is 2. The topological polar surface area (TPSA) is 59.0 Å². The Morgan fingerprint density at radius 1 is 1.10 bits per heavy atom. The number of carbonyl (C=O) groups is 1. The van der Waals surface area contributed by atoms with E-state index in [4.69, 9.17) is 4.98 Å². The fourth-order valence-corrected chi connectivity index (χ4v) is 4.69.